The van der Waals surface area contributed by atoms with Crippen LogP contribution in [-0.2, 0) is 0 Å². The maximum atomic E-state index is 4.97. The van der Waals surface area contributed by atoms with Gasteiger partial charge in [-0.05, 0) is 65.4 Å². The lowest BCUT2D eigenvalue weighted by Gasteiger charge is -2.11. The Morgan fingerprint density at radius 3 is 1.30 bits per heavy atom. The fourth-order valence-corrected chi connectivity index (χ4v) is 8.01. The zero-order chi connectivity index (χ0) is 35.6. The van der Waals surface area contributed by atoms with Crippen LogP contribution in [0.2, 0.25) is 0 Å². The maximum absolute atomic E-state index is 4.97. The predicted octanol–water partition coefficient (Wildman–Crippen LogP) is 12.2. The van der Waals surface area contributed by atoms with E-state index >= 15 is 0 Å². The molecule has 0 bridgehead atoms. The highest BCUT2D eigenvalue weighted by Gasteiger charge is 2.19. The third-order valence-corrected chi connectivity index (χ3v) is 10.5. The maximum Gasteiger partial charge on any atom is 0.164 e. The second kappa shape index (κ2) is 12.1. The first-order valence-electron chi connectivity index (χ1n) is 18.2. The Kier molecular flexibility index (Phi) is 6.79. The summed E-state index contributed by atoms with van der Waals surface area (Å²) in [5, 5.41) is 7.20. The number of para-hydroxylation sites is 3. The van der Waals surface area contributed by atoms with Crippen molar-refractivity contribution in [2.24, 2.45) is 0 Å². The average Bonchev–Trinajstić information content (AvgIpc) is 3.75. The van der Waals surface area contributed by atoms with Gasteiger partial charge in [0.2, 0.25) is 0 Å². The molecule has 5 heteroatoms. The van der Waals surface area contributed by atoms with Crippen LogP contribution in [0.15, 0.2) is 188 Å². The zero-order valence-electron chi connectivity index (χ0n) is 29.1. The van der Waals surface area contributed by atoms with E-state index < -0.39 is 0 Å². The van der Waals surface area contributed by atoms with E-state index in [0.717, 1.165) is 38.8 Å². The van der Waals surface area contributed by atoms with Gasteiger partial charge in [-0.3, -0.25) is 0 Å². The van der Waals surface area contributed by atoms with E-state index in [2.05, 4.69) is 137 Å². The van der Waals surface area contributed by atoms with Crippen molar-refractivity contribution >= 4 is 54.4 Å². The first-order valence-corrected chi connectivity index (χ1v) is 18.2. The third-order valence-electron chi connectivity index (χ3n) is 10.5. The van der Waals surface area contributed by atoms with E-state index in [0.29, 0.717) is 17.5 Å². The topological polar surface area (TPSA) is 48.5 Å². The van der Waals surface area contributed by atoms with Crippen LogP contribution in [0.5, 0.6) is 0 Å². The van der Waals surface area contributed by atoms with Crippen LogP contribution >= 0.6 is 0 Å². The number of fused-ring (bicyclic) bond motifs is 7. The van der Waals surface area contributed by atoms with Crippen LogP contribution in [-0.4, -0.2) is 24.1 Å². The molecule has 0 fully saturated rings. The summed E-state index contributed by atoms with van der Waals surface area (Å²) in [6.07, 6.45) is 0. The van der Waals surface area contributed by atoms with E-state index in [1.165, 1.54) is 43.6 Å². The summed E-state index contributed by atoms with van der Waals surface area (Å²) >= 11 is 0. The molecule has 54 heavy (non-hydrogen) atoms. The summed E-state index contributed by atoms with van der Waals surface area (Å²) in [7, 11) is 0. The molecule has 8 aromatic carbocycles. The van der Waals surface area contributed by atoms with Gasteiger partial charge < -0.3 is 9.13 Å². The van der Waals surface area contributed by atoms with Gasteiger partial charge in [-0.25, -0.2) is 15.0 Å². The van der Waals surface area contributed by atoms with Crippen molar-refractivity contribution in [3.8, 4) is 45.5 Å². The summed E-state index contributed by atoms with van der Waals surface area (Å²) in [4.78, 5) is 14.8. The normalized spacial score (nSPS) is 11.7. The van der Waals surface area contributed by atoms with Crippen molar-refractivity contribution in [1.29, 1.82) is 0 Å². The van der Waals surface area contributed by atoms with Crippen molar-refractivity contribution < 1.29 is 0 Å². The first kappa shape index (κ1) is 30.3. The summed E-state index contributed by atoms with van der Waals surface area (Å²) < 4.78 is 4.80. The molecular formula is C49H31N5. The SMILES string of the molecule is c1ccc(-c2nc(-c3ccccc3)nc(-c3ccc4cc(-n5c6ccccc6c6cc7c(cc65)c5ccccc5n7-c5ccccc5)ccc4c3)n2)cc1. The van der Waals surface area contributed by atoms with Crippen LogP contribution in [0.25, 0.3) is 99.9 Å². The van der Waals surface area contributed by atoms with Gasteiger partial charge in [0.25, 0.3) is 0 Å². The van der Waals surface area contributed by atoms with Crippen LogP contribution < -0.4 is 0 Å². The van der Waals surface area contributed by atoms with E-state index in [9.17, 15) is 0 Å². The largest absolute Gasteiger partial charge is 0.309 e. The summed E-state index contributed by atoms with van der Waals surface area (Å²) in [5.41, 5.74) is 9.90. The van der Waals surface area contributed by atoms with E-state index in [-0.39, 0.29) is 0 Å². The molecule has 3 aromatic heterocycles. The van der Waals surface area contributed by atoms with E-state index in [1.54, 1.807) is 0 Å². The van der Waals surface area contributed by atoms with Crippen molar-refractivity contribution in [3.63, 3.8) is 0 Å². The minimum Gasteiger partial charge on any atom is -0.309 e. The minimum absolute atomic E-state index is 0.648. The second-order valence-electron chi connectivity index (χ2n) is 13.7. The molecule has 0 aliphatic rings. The molecule has 0 saturated carbocycles. The summed E-state index contributed by atoms with van der Waals surface area (Å²) in [6, 6.07) is 66.3. The Hall–Kier alpha value is -7.37. The van der Waals surface area contributed by atoms with Crippen LogP contribution in [0.3, 0.4) is 0 Å². The second-order valence-corrected chi connectivity index (χ2v) is 13.7. The van der Waals surface area contributed by atoms with Gasteiger partial charge in [-0.15, -0.1) is 0 Å². The van der Waals surface area contributed by atoms with E-state index in [4.69, 9.17) is 15.0 Å². The summed E-state index contributed by atoms with van der Waals surface area (Å²) in [5.74, 6) is 1.96. The third kappa shape index (κ3) is 4.83. The highest BCUT2D eigenvalue weighted by atomic mass is 15.0. The number of aromatic nitrogens is 5. The number of benzene rings is 8. The minimum atomic E-state index is 0.648. The molecular weight excluding hydrogens is 659 g/mol. The van der Waals surface area contributed by atoms with E-state index in [1.807, 2.05) is 60.7 Å². The molecule has 0 amide bonds. The quantitative estimate of drug-likeness (QED) is 0.181. The van der Waals surface area contributed by atoms with Gasteiger partial charge >= 0.3 is 0 Å². The fraction of sp³-hybridized carbons (Fsp3) is 0. The van der Waals surface area contributed by atoms with Gasteiger partial charge in [0.1, 0.15) is 0 Å². The molecule has 0 atom stereocenters. The molecule has 11 rings (SSSR count). The lowest BCUT2D eigenvalue weighted by atomic mass is 10.1. The first-order chi connectivity index (χ1) is 26.8. The molecule has 0 spiro atoms. The predicted molar refractivity (Wildman–Crippen MR) is 222 cm³/mol. The molecule has 252 valence electrons. The lowest BCUT2D eigenvalue weighted by molar-refractivity contribution is 1.07. The standard InChI is InChI=1S/C49H31N5/c1-4-14-32(15-5-1)47-50-48(33-16-6-2-7-17-33)52-49(51-47)36-25-24-35-29-38(27-26-34(35)28-36)54-44-23-13-11-21-40(44)42-30-45-41(31-46(42)54)39-20-10-12-22-43(39)53(45)37-18-8-3-9-19-37/h1-31H. The smallest absolute Gasteiger partial charge is 0.164 e. The number of nitrogens with zero attached hydrogens (tertiary/aromatic N) is 5. The lowest BCUT2D eigenvalue weighted by Crippen LogP contribution is -2.00. The fourth-order valence-electron chi connectivity index (χ4n) is 8.01. The Balaban J connectivity index is 1.08. The molecule has 5 nitrogen and oxygen atoms in total. The van der Waals surface area contributed by atoms with Gasteiger partial charge in [0.05, 0.1) is 22.1 Å². The molecule has 0 aliphatic carbocycles. The van der Waals surface area contributed by atoms with Crippen molar-refractivity contribution in [3.05, 3.63) is 188 Å². The Morgan fingerprint density at radius 1 is 0.278 bits per heavy atom. The molecule has 11 aromatic rings. The average molecular weight is 690 g/mol. The Labute approximate surface area is 311 Å². The number of hydrogen-bond donors (Lipinski definition) is 0. The zero-order valence-corrected chi connectivity index (χ0v) is 29.1. The highest BCUT2D eigenvalue weighted by Crippen LogP contribution is 2.40. The van der Waals surface area contributed by atoms with Crippen LogP contribution in [0, 0.1) is 0 Å². The highest BCUT2D eigenvalue weighted by molar-refractivity contribution is 6.19. The van der Waals surface area contributed by atoms with Gasteiger partial charge in [0.15, 0.2) is 17.5 Å². The molecule has 0 N–H and O–H groups in total. The monoisotopic (exact) mass is 689 g/mol. The summed E-state index contributed by atoms with van der Waals surface area (Å²) in [6.45, 7) is 0. The van der Waals surface area contributed by atoms with Crippen molar-refractivity contribution in [2.45, 2.75) is 0 Å². The molecule has 3 heterocycles. The molecule has 0 radical (unpaired) electrons. The van der Waals surface area contributed by atoms with Gasteiger partial charge in [-0.2, -0.15) is 0 Å². The van der Waals surface area contributed by atoms with Crippen LogP contribution in [0.1, 0.15) is 0 Å². The van der Waals surface area contributed by atoms with Crippen molar-refractivity contribution in [1.82, 2.24) is 24.1 Å². The molecule has 0 unspecified atom stereocenters. The van der Waals surface area contributed by atoms with Gasteiger partial charge in [0, 0.05) is 49.6 Å². The molecule has 0 saturated heterocycles. The van der Waals surface area contributed by atoms with Crippen molar-refractivity contribution in [2.75, 3.05) is 0 Å². The Bertz CT molecular complexity index is 3140. The van der Waals surface area contributed by atoms with Gasteiger partial charge in [-0.1, -0.05) is 133 Å². The number of rotatable bonds is 5. The molecule has 0 aliphatic heterocycles. The van der Waals surface area contributed by atoms with Crippen LogP contribution in [0.4, 0.5) is 0 Å². The number of hydrogen-bond acceptors (Lipinski definition) is 3. The Morgan fingerprint density at radius 2 is 0.722 bits per heavy atom.